The van der Waals surface area contributed by atoms with Gasteiger partial charge in [0.25, 0.3) is 5.91 Å². The number of aromatic nitrogens is 1. The maximum Gasteiger partial charge on any atom is 0.254 e. The van der Waals surface area contributed by atoms with E-state index in [-0.39, 0.29) is 29.3 Å². The molecule has 8 heteroatoms. The van der Waals surface area contributed by atoms with Crippen LogP contribution in [0.4, 0.5) is 0 Å². The molecule has 0 aliphatic carbocycles. The van der Waals surface area contributed by atoms with Crippen LogP contribution in [0.25, 0.3) is 10.2 Å². The molecule has 2 aromatic rings. The fourth-order valence-corrected chi connectivity index (χ4v) is 3.45. The van der Waals surface area contributed by atoms with Crippen molar-refractivity contribution in [1.29, 1.82) is 0 Å². The van der Waals surface area contributed by atoms with E-state index in [9.17, 15) is 9.59 Å². The minimum Gasteiger partial charge on any atom is -0.488 e. The summed E-state index contributed by atoms with van der Waals surface area (Å²) >= 11 is 1.41. The van der Waals surface area contributed by atoms with E-state index in [1.165, 1.54) is 18.4 Å². The molecule has 1 fully saturated rings. The van der Waals surface area contributed by atoms with E-state index in [4.69, 9.17) is 15.2 Å². The van der Waals surface area contributed by atoms with Gasteiger partial charge in [-0.1, -0.05) is 6.92 Å². The second-order valence-corrected chi connectivity index (χ2v) is 6.42. The topological polar surface area (TPSA) is 104 Å². The molecule has 1 aliphatic heterocycles. The molecule has 0 bridgehead atoms. The summed E-state index contributed by atoms with van der Waals surface area (Å²) in [5, 5.41) is 4.72. The van der Waals surface area contributed by atoms with Crippen LogP contribution in [0.5, 0.6) is 11.6 Å². The molecule has 1 saturated heterocycles. The van der Waals surface area contributed by atoms with Crippen LogP contribution in [-0.2, 0) is 4.79 Å². The number of methoxy groups -OCH3 is 1. The van der Waals surface area contributed by atoms with Gasteiger partial charge in [-0.15, -0.1) is 11.3 Å². The normalized spacial score (nSPS) is 20.5. The van der Waals surface area contributed by atoms with Gasteiger partial charge in [-0.2, -0.15) is 0 Å². The second kappa shape index (κ2) is 6.04. The van der Waals surface area contributed by atoms with Gasteiger partial charge in [0.15, 0.2) is 5.75 Å². The fourth-order valence-electron chi connectivity index (χ4n) is 2.59. The number of fused-ring (bicyclic) bond motifs is 1. The van der Waals surface area contributed by atoms with Crippen LogP contribution in [0.3, 0.4) is 0 Å². The number of pyridine rings is 1. The Bertz CT molecular complexity index is 773. The molecular formula is C15H17N3O4S. The Morgan fingerprint density at radius 2 is 2.35 bits per heavy atom. The quantitative estimate of drug-likeness (QED) is 0.857. The van der Waals surface area contributed by atoms with Crippen LogP contribution >= 0.6 is 11.3 Å². The lowest BCUT2D eigenvalue weighted by atomic mass is 10.1. The highest BCUT2D eigenvalue weighted by molar-refractivity contribution is 7.17. The van der Waals surface area contributed by atoms with Crippen LogP contribution in [-0.4, -0.2) is 36.6 Å². The average molecular weight is 335 g/mol. The average Bonchev–Trinajstić information content (AvgIpc) is 3.06. The Hall–Kier alpha value is -2.35. The molecule has 2 aromatic heterocycles. The molecule has 2 unspecified atom stereocenters. The molecule has 2 atom stereocenters. The van der Waals surface area contributed by atoms with Gasteiger partial charge < -0.3 is 20.5 Å². The molecule has 0 radical (unpaired) electrons. The lowest BCUT2D eigenvalue weighted by molar-refractivity contribution is -0.122. The number of thiophene rings is 1. The van der Waals surface area contributed by atoms with E-state index in [1.807, 2.05) is 12.3 Å². The van der Waals surface area contributed by atoms with Crippen molar-refractivity contribution in [2.45, 2.75) is 19.4 Å². The van der Waals surface area contributed by atoms with E-state index in [0.717, 1.165) is 11.1 Å². The molecule has 3 rings (SSSR count). The van der Waals surface area contributed by atoms with E-state index in [1.54, 1.807) is 6.07 Å². The largest absolute Gasteiger partial charge is 0.488 e. The Kier molecular flexibility index (Phi) is 4.08. The zero-order valence-electron chi connectivity index (χ0n) is 12.8. The second-order valence-electron chi connectivity index (χ2n) is 5.51. The summed E-state index contributed by atoms with van der Waals surface area (Å²) in [4.78, 5) is 27.3. The Balaban J connectivity index is 1.82. The first-order valence-electron chi connectivity index (χ1n) is 7.18. The van der Waals surface area contributed by atoms with Gasteiger partial charge in [-0.3, -0.25) is 9.59 Å². The highest BCUT2D eigenvalue weighted by atomic mass is 32.1. The number of nitrogens with two attached hydrogens (primary N) is 1. The summed E-state index contributed by atoms with van der Waals surface area (Å²) in [6, 6.07) is 1.65. The Morgan fingerprint density at radius 3 is 2.96 bits per heavy atom. The molecule has 3 N–H and O–H groups in total. The van der Waals surface area contributed by atoms with Crippen molar-refractivity contribution in [1.82, 2.24) is 10.3 Å². The first-order valence-corrected chi connectivity index (χ1v) is 8.06. The van der Waals surface area contributed by atoms with Gasteiger partial charge in [0.05, 0.1) is 17.9 Å². The number of carbonyl (C=O) groups is 2. The number of ether oxygens (including phenoxy) is 2. The monoisotopic (exact) mass is 335 g/mol. The summed E-state index contributed by atoms with van der Waals surface area (Å²) in [6.07, 6.45) is 0.753. The molecule has 0 aromatic carbocycles. The first kappa shape index (κ1) is 15.5. The number of primary amides is 1. The van der Waals surface area contributed by atoms with Crippen molar-refractivity contribution in [2.24, 2.45) is 11.7 Å². The van der Waals surface area contributed by atoms with Gasteiger partial charge in [0, 0.05) is 11.3 Å². The van der Waals surface area contributed by atoms with Crippen LogP contribution in [0.2, 0.25) is 0 Å². The van der Waals surface area contributed by atoms with Gasteiger partial charge in [0.1, 0.15) is 17.7 Å². The van der Waals surface area contributed by atoms with Crippen molar-refractivity contribution in [3.63, 3.8) is 0 Å². The predicted molar refractivity (Wildman–Crippen MR) is 85.9 cm³/mol. The van der Waals surface area contributed by atoms with Crippen LogP contribution in [0.15, 0.2) is 11.4 Å². The van der Waals surface area contributed by atoms with Gasteiger partial charge >= 0.3 is 0 Å². The first-order chi connectivity index (χ1) is 11.0. The van der Waals surface area contributed by atoms with Crippen molar-refractivity contribution < 1.29 is 19.1 Å². The molecule has 23 heavy (non-hydrogen) atoms. The maximum atomic E-state index is 11.5. The molecular weight excluding hydrogens is 318 g/mol. The van der Waals surface area contributed by atoms with Crippen molar-refractivity contribution in [2.75, 3.05) is 13.7 Å². The van der Waals surface area contributed by atoms with Crippen LogP contribution in [0.1, 0.15) is 23.7 Å². The smallest absolute Gasteiger partial charge is 0.254 e. The zero-order chi connectivity index (χ0) is 16.6. The van der Waals surface area contributed by atoms with Crippen LogP contribution in [0, 0.1) is 5.92 Å². The van der Waals surface area contributed by atoms with Crippen molar-refractivity contribution >= 4 is 33.4 Å². The molecule has 3 heterocycles. The molecule has 0 spiro atoms. The molecule has 7 nitrogen and oxygen atoms in total. The predicted octanol–water partition coefficient (Wildman–Crippen LogP) is 1.31. The number of hydrogen-bond acceptors (Lipinski definition) is 6. The van der Waals surface area contributed by atoms with E-state index >= 15 is 0 Å². The molecule has 2 amide bonds. The summed E-state index contributed by atoms with van der Waals surface area (Å²) in [5.74, 6) is 0.262. The zero-order valence-corrected chi connectivity index (χ0v) is 13.6. The van der Waals surface area contributed by atoms with E-state index in [0.29, 0.717) is 17.9 Å². The number of nitrogens with one attached hydrogen (secondary N) is 1. The lowest BCUT2D eigenvalue weighted by Gasteiger charge is -2.11. The van der Waals surface area contributed by atoms with Gasteiger partial charge in [0.2, 0.25) is 11.8 Å². The Morgan fingerprint density at radius 1 is 1.57 bits per heavy atom. The third-order valence-electron chi connectivity index (χ3n) is 3.81. The third-order valence-corrected chi connectivity index (χ3v) is 4.71. The number of carbonyl (C=O) groups excluding carboxylic acids is 2. The maximum absolute atomic E-state index is 11.5. The fraction of sp³-hybridized carbons (Fsp3) is 0.400. The number of amides is 2. The third kappa shape index (κ3) is 2.94. The summed E-state index contributed by atoms with van der Waals surface area (Å²) in [7, 11) is 1.43. The highest BCUT2D eigenvalue weighted by Crippen LogP contribution is 2.34. The summed E-state index contributed by atoms with van der Waals surface area (Å²) in [6.45, 7) is 2.27. The summed E-state index contributed by atoms with van der Waals surface area (Å²) < 4.78 is 11.7. The number of rotatable bonds is 5. The van der Waals surface area contributed by atoms with Crippen molar-refractivity contribution in [3.05, 3.63) is 17.0 Å². The SMILES string of the molecule is COc1nc2c(OCC3CC(C)C(=O)N3)csc2cc1C(N)=O. The highest BCUT2D eigenvalue weighted by Gasteiger charge is 2.29. The molecule has 122 valence electrons. The van der Waals surface area contributed by atoms with Gasteiger partial charge in [-0.05, 0) is 12.5 Å². The summed E-state index contributed by atoms with van der Waals surface area (Å²) in [5.41, 5.74) is 6.19. The van der Waals surface area contributed by atoms with Crippen molar-refractivity contribution in [3.8, 4) is 11.6 Å². The molecule has 1 aliphatic rings. The standard InChI is InChI=1S/C15H17N3O4S/c1-7-3-8(17-14(7)20)5-22-10-6-23-11-4-9(13(16)19)15(21-2)18-12(10)11/h4,6-8H,3,5H2,1-2H3,(H2,16,19)(H,17,20). The number of nitrogens with zero attached hydrogens (tertiary/aromatic N) is 1. The number of hydrogen-bond donors (Lipinski definition) is 2. The van der Waals surface area contributed by atoms with Gasteiger partial charge in [-0.25, -0.2) is 4.98 Å². The lowest BCUT2D eigenvalue weighted by Crippen LogP contribution is -2.31. The Labute approximate surface area is 136 Å². The minimum absolute atomic E-state index is 0.000705. The van der Waals surface area contributed by atoms with E-state index in [2.05, 4.69) is 10.3 Å². The minimum atomic E-state index is -0.588. The van der Waals surface area contributed by atoms with E-state index < -0.39 is 5.91 Å². The molecule has 0 saturated carbocycles. The van der Waals surface area contributed by atoms with Crippen LogP contribution < -0.4 is 20.5 Å².